The minimum absolute atomic E-state index is 0.142. The molecule has 37 heavy (non-hydrogen) atoms. The van der Waals surface area contributed by atoms with Gasteiger partial charge in [-0.3, -0.25) is 19.2 Å². The number of ketones is 1. The number of carbonyl (C=O) groups is 4. The first-order valence-corrected chi connectivity index (χ1v) is 12.5. The lowest BCUT2D eigenvalue weighted by Crippen LogP contribution is -2.29. The molecule has 0 radical (unpaired) electrons. The Morgan fingerprint density at radius 3 is 1.97 bits per heavy atom. The zero-order valence-electron chi connectivity index (χ0n) is 19.4. The van der Waals surface area contributed by atoms with Crippen LogP contribution in [0.3, 0.4) is 0 Å². The van der Waals surface area contributed by atoms with E-state index in [1.165, 1.54) is 12.1 Å². The lowest BCUT2D eigenvalue weighted by Gasteiger charge is -2.13. The van der Waals surface area contributed by atoms with Gasteiger partial charge in [0, 0.05) is 15.6 Å². The van der Waals surface area contributed by atoms with Crippen molar-refractivity contribution in [3.8, 4) is 0 Å². The molecular formula is C30H19BrN2O4. The van der Waals surface area contributed by atoms with Gasteiger partial charge < -0.3 is 4.90 Å². The Bertz CT molecular complexity index is 1570. The lowest BCUT2D eigenvalue weighted by atomic mass is 10.0. The van der Waals surface area contributed by atoms with Crippen molar-refractivity contribution in [3.63, 3.8) is 0 Å². The summed E-state index contributed by atoms with van der Waals surface area (Å²) < 4.78 is 0.826. The molecule has 4 aromatic rings. The van der Waals surface area contributed by atoms with E-state index in [0.29, 0.717) is 11.3 Å². The Balaban J connectivity index is 1.33. The Hall–Kier alpha value is -4.36. The fraction of sp³-hybridized carbons (Fsp3) is 0.0667. The molecule has 4 aromatic carbocycles. The highest BCUT2D eigenvalue weighted by molar-refractivity contribution is 9.10. The number of halogens is 1. The number of hydrogen-bond donors (Lipinski definition) is 0. The number of rotatable bonds is 5. The molecule has 2 aliphatic heterocycles. The van der Waals surface area contributed by atoms with Crippen LogP contribution in [0.4, 0.5) is 5.69 Å². The maximum atomic E-state index is 13.7. The minimum atomic E-state index is -0.651. The van der Waals surface area contributed by atoms with Crippen LogP contribution in [0.5, 0.6) is 0 Å². The second-order valence-corrected chi connectivity index (χ2v) is 9.84. The van der Waals surface area contributed by atoms with Crippen LogP contribution in [-0.4, -0.2) is 34.4 Å². The van der Waals surface area contributed by atoms with Crippen LogP contribution in [0.25, 0.3) is 0 Å². The average molecular weight is 551 g/mol. The molecule has 7 heteroatoms. The largest absolute Gasteiger partial charge is 0.316 e. The lowest BCUT2D eigenvalue weighted by molar-refractivity contribution is 0.0833. The molecule has 6 rings (SSSR count). The van der Waals surface area contributed by atoms with Crippen molar-refractivity contribution >= 4 is 45.1 Å². The van der Waals surface area contributed by atoms with Gasteiger partial charge in [-0.1, -0.05) is 76.6 Å². The van der Waals surface area contributed by atoms with Crippen LogP contribution in [0.2, 0.25) is 0 Å². The van der Waals surface area contributed by atoms with E-state index in [4.69, 9.17) is 0 Å². The van der Waals surface area contributed by atoms with Crippen molar-refractivity contribution in [3.05, 3.63) is 135 Å². The second-order valence-electron chi connectivity index (χ2n) is 8.93. The molecule has 0 bridgehead atoms. The van der Waals surface area contributed by atoms with E-state index in [0.717, 1.165) is 14.9 Å². The third kappa shape index (κ3) is 3.88. The highest BCUT2D eigenvalue weighted by Gasteiger charge is 2.56. The van der Waals surface area contributed by atoms with Gasteiger partial charge in [-0.2, -0.15) is 0 Å². The van der Waals surface area contributed by atoms with Crippen molar-refractivity contribution in [1.82, 2.24) is 4.90 Å². The third-order valence-corrected chi connectivity index (χ3v) is 7.26. The molecule has 1 saturated heterocycles. The predicted molar refractivity (Wildman–Crippen MR) is 142 cm³/mol. The maximum Gasteiger partial charge on any atom is 0.266 e. The van der Waals surface area contributed by atoms with E-state index in [-0.39, 0.29) is 28.4 Å². The molecule has 2 aliphatic rings. The van der Waals surface area contributed by atoms with Gasteiger partial charge in [0.05, 0.1) is 22.9 Å². The number of amides is 3. The number of fused-ring (bicyclic) bond motifs is 1. The van der Waals surface area contributed by atoms with Crippen LogP contribution in [-0.2, 0) is 0 Å². The van der Waals surface area contributed by atoms with Crippen molar-refractivity contribution in [1.29, 1.82) is 0 Å². The SMILES string of the molecule is O=C(c1ccccc1)[C@H]1[C@H](c2ccccc2)N1C(=O)c1ccc2c(c1)C(=O)N(c1ccc(Br)cc1)C2=O. The summed E-state index contributed by atoms with van der Waals surface area (Å²) in [7, 11) is 0. The third-order valence-electron chi connectivity index (χ3n) is 6.73. The van der Waals surface area contributed by atoms with Crippen molar-refractivity contribution in [2.24, 2.45) is 0 Å². The molecule has 0 aliphatic carbocycles. The first-order valence-electron chi connectivity index (χ1n) is 11.7. The number of hydrogen-bond acceptors (Lipinski definition) is 4. The van der Waals surface area contributed by atoms with Crippen molar-refractivity contribution in [2.45, 2.75) is 12.1 Å². The summed E-state index contributed by atoms with van der Waals surface area (Å²) in [4.78, 5) is 55.9. The van der Waals surface area contributed by atoms with Crippen LogP contribution < -0.4 is 4.90 Å². The van der Waals surface area contributed by atoms with Gasteiger partial charge in [0.15, 0.2) is 5.78 Å². The first-order chi connectivity index (χ1) is 18.0. The molecule has 0 unspecified atom stereocenters. The van der Waals surface area contributed by atoms with E-state index in [9.17, 15) is 19.2 Å². The van der Waals surface area contributed by atoms with Crippen LogP contribution in [0, 0.1) is 0 Å². The van der Waals surface area contributed by atoms with Gasteiger partial charge in [-0.15, -0.1) is 0 Å². The number of nitrogens with zero attached hydrogens (tertiary/aromatic N) is 2. The number of carbonyl (C=O) groups excluding carboxylic acids is 4. The van der Waals surface area contributed by atoms with Gasteiger partial charge in [-0.05, 0) is 48.0 Å². The first kappa shape index (κ1) is 23.1. The van der Waals surface area contributed by atoms with Gasteiger partial charge in [0.25, 0.3) is 17.7 Å². The molecule has 6 nitrogen and oxygen atoms in total. The molecule has 0 aromatic heterocycles. The quantitative estimate of drug-likeness (QED) is 0.181. The monoisotopic (exact) mass is 550 g/mol. The topological polar surface area (TPSA) is 74.5 Å². The van der Waals surface area contributed by atoms with Crippen molar-refractivity contribution in [2.75, 3.05) is 4.90 Å². The summed E-state index contributed by atoms with van der Waals surface area (Å²) >= 11 is 3.35. The molecule has 1 fully saturated rings. The molecule has 0 spiro atoms. The summed E-state index contributed by atoms with van der Waals surface area (Å²) in [6.45, 7) is 0. The Labute approximate surface area is 221 Å². The summed E-state index contributed by atoms with van der Waals surface area (Å²) in [6.07, 6.45) is 0. The van der Waals surface area contributed by atoms with Crippen LogP contribution in [0.15, 0.2) is 108 Å². The highest BCUT2D eigenvalue weighted by atomic mass is 79.9. The fourth-order valence-electron chi connectivity index (χ4n) is 4.87. The Kier molecular flexibility index (Phi) is 5.57. The summed E-state index contributed by atoms with van der Waals surface area (Å²) in [5, 5.41) is 0. The highest BCUT2D eigenvalue weighted by Crippen LogP contribution is 2.46. The van der Waals surface area contributed by atoms with Gasteiger partial charge in [0.1, 0.15) is 6.04 Å². The number of imide groups is 1. The molecule has 3 amide bonds. The predicted octanol–water partition coefficient (Wildman–Crippen LogP) is 5.70. The van der Waals surface area contributed by atoms with Gasteiger partial charge >= 0.3 is 0 Å². The Morgan fingerprint density at radius 2 is 1.30 bits per heavy atom. The zero-order valence-corrected chi connectivity index (χ0v) is 21.0. The standard InChI is InChI=1S/C30H19BrN2O4/c31-21-12-14-22(15-13-21)32-29(36)23-16-11-20(17-24(23)30(32)37)28(35)33-25(18-7-3-1-4-8-18)26(33)27(34)19-9-5-2-6-10-19/h1-17,25-26H/t25-,26+,33?/m0/s1. The van der Waals surface area contributed by atoms with Gasteiger partial charge in [-0.25, -0.2) is 4.90 Å². The van der Waals surface area contributed by atoms with Gasteiger partial charge in [0.2, 0.25) is 0 Å². The van der Waals surface area contributed by atoms with E-state index >= 15 is 0 Å². The molecule has 180 valence electrons. The molecule has 2 atom stereocenters. The maximum absolute atomic E-state index is 13.7. The zero-order chi connectivity index (χ0) is 25.7. The van der Waals surface area contributed by atoms with Crippen LogP contribution >= 0.6 is 15.9 Å². The molecular weight excluding hydrogens is 532 g/mol. The second kappa shape index (κ2) is 8.94. The molecule has 0 N–H and O–H groups in total. The fourth-order valence-corrected chi connectivity index (χ4v) is 5.13. The summed E-state index contributed by atoms with van der Waals surface area (Å²) in [5.41, 5.74) is 2.50. The van der Waals surface area contributed by atoms with E-state index in [2.05, 4.69) is 15.9 Å². The van der Waals surface area contributed by atoms with Crippen LogP contribution in [0.1, 0.15) is 53.0 Å². The average Bonchev–Trinajstić information content (AvgIpc) is 3.64. The number of benzene rings is 4. The summed E-state index contributed by atoms with van der Waals surface area (Å²) in [6, 6.07) is 28.6. The molecule has 0 saturated carbocycles. The normalized spacial score (nSPS) is 18.1. The molecule has 2 heterocycles. The summed E-state index contributed by atoms with van der Waals surface area (Å²) in [5.74, 6) is -1.43. The van der Waals surface area contributed by atoms with E-state index in [1.807, 2.05) is 36.4 Å². The smallest absolute Gasteiger partial charge is 0.266 e. The minimum Gasteiger partial charge on any atom is -0.316 e. The number of Topliss-reactive ketones (excluding diaryl/α,β-unsaturated/α-hetero) is 1. The Morgan fingerprint density at radius 1 is 0.676 bits per heavy atom. The van der Waals surface area contributed by atoms with E-state index in [1.54, 1.807) is 59.5 Å². The van der Waals surface area contributed by atoms with Crippen molar-refractivity contribution < 1.29 is 19.2 Å². The number of anilines is 1. The van der Waals surface area contributed by atoms with E-state index < -0.39 is 23.9 Å².